The third-order valence-corrected chi connectivity index (χ3v) is 5.32. The van der Waals surface area contributed by atoms with E-state index in [0.717, 1.165) is 13.0 Å². The van der Waals surface area contributed by atoms with Gasteiger partial charge in [-0.15, -0.1) is 0 Å². The molecule has 0 aliphatic carbocycles. The average Bonchev–Trinajstić information content (AvgIpc) is 2.73. The number of anilines is 1. The standard InChI is InChI=1S/C20H23N5O2/c21-18(26)16-6-3-7-22-19(16)24-8-10-25(11-9-24)20(27)17-12-14-4-1-2-5-15(14)13-23-17/h1-7,17,23H,8-13H2,(H2,21,26)/t17-/m1/s1. The minimum absolute atomic E-state index is 0.139. The SMILES string of the molecule is NC(=O)c1cccnc1N1CCN(C(=O)[C@H]2Cc3ccccc3CN2)CC1. The number of piperazine rings is 1. The second-order valence-electron chi connectivity index (χ2n) is 6.96. The summed E-state index contributed by atoms with van der Waals surface area (Å²) in [6.45, 7) is 3.20. The van der Waals surface area contributed by atoms with Gasteiger partial charge < -0.3 is 20.9 Å². The van der Waals surface area contributed by atoms with Gasteiger partial charge in [-0.25, -0.2) is 4.98 Å². The molecule has 2 amide bonds. The first kappa shape index (κ1) is 17.5. The summed E-state index contributed by atoms with van der Waals surface area (Å²) in [7, 11) is 0. The zero-order valence-electron chi connectivity index (χ0n) is 15.1. The molecule has 2 aliphatic rings. The largest absolute Gasteiger partial charge is 0.365 e. The van der Waals surface area contributed by atoms with Crippen LogP contribution in [0.3, 0.4) is 0 Å². The highest BCUT2D eigenvalue weighted by Crippen LogP contribution is 2.21. The summed E-state index contributed by atoms with van der Waals surface area (Å²) in [5.74, 6) is 0.254. The zero-order chi connectivity index (χ0) is 18.8. The van der Waals surface area contributed by atoms with Gasteiger partial charge in [-0.1, -0.05) is 24.3 Å². The minimum atomic E-state index is -0.485. The Morgan fingerprint density at radius 1 is 1.04 bits per heavy atom. The van der Waals surface area contributed by atoms with Crippen LogP contribution >= 0.6 is 0 Å². The molecule has 7 nitrogen and oxygen atoms in total. The van der Waals surface area contributed by atoms with Crippen molar-refractivity contribution in [3.8, 4) is 0 Å². The van der Waals surface area contributed by atoms with Crippen LogP contribution in [-0.2, 0) is 17.8 Å². The number of hydrogen-bond acceptors (Lipinski definition) is 5. The predicted molar refractivity (Wildman–Crippen MR) is 102 cm³/mol. The van der Waals surface area contributed by atoms with Gasteiger partial charge in [-0.3, -0.25) is 9.59 Å². The normalized spacial score (nSPS) is 19.5. The Balaban J connectivity index is 1.40. The fourth-order valence-electron chi connectivity index (χ4n) is 3.83. The summed E-state index contributed by atoms with van der Waals surface area (Å²) in [5, 5.41) is 3.36. The summed E-state index contributed by atoms with van der Waals surface area (Å²) < 4.78 is 0. The molecule has 3 N–H and O–H groups in total. The highest BCUT2D eigenvalue weighted by atomic mass is 16.2. The van der Waals surface area contributed by atoms with E-state index in [1.54, 1.807) is 18.3 Å². The van der Waals surface area contributed by atoms with Crippen molar-refractivity contribution in [2.24, 2.45) is 5.73 Å². The lowest BCUT2D eigenvalue weighted by molar-refractivity contribution is -0.134. The van der Waals surface area contributed by atoms with E-state index < -0.39 is 5.91 Å². The van der Waals surface area contributed by atoms with Gasteiger partial charge in [0.1, 0.15) is 5.82 Å². The number of hydrogen-bond donors (Lipinski definition) is 2. The highest BCUT2D eigenvalue weighted by molar-refractivity contribution is 5.97. The van der Waals surface area contributed by atoms with Crippen LogP contribution in [-0.4, -0.2) is 53.9 Å². The van der Waals surface area contributed by atoms with Crippen LogP contribution in [0.25, 0.3) is 0 Å². The van der Waals surface area contributed by atoms with Gasteiger partial charge in [0.15, 0.2) is 0 Å². The van der Waals surface area contributed by atoms with Crippen LogP contribution in [0.2, 0.25) is 0 Å². The van der Waals surface area contributed by atoms with Gasteiger partial charge in [0.05, 0.1) is 11.6 Å². The van der Waals surface area contributed by atoms with E-state index in [0.29, 0.717) is 37.6 Å². The summed E-state index contributed by atoms with van der Waals surface area (Å²) in [6, 6.07) is 11.5. The summed E-state index contributed by atoms with van der Waals surface area (Å²) in [6.07, 6.45) is 2.38. The monoisotopic (exact) mass is 365 g/mol. The number of primary amides is 1. The Kier molecular flexibility index (Phi) is 4.77. The number of rotatable bonds is 3. The van der Waals surface area contributed by atoms with Crippen LogP contribution in [0.5, 0.6) is 0 Å². The number of nitrogens with one attached hydrogen (secondary N) is 1. The molecule has 1 atom stereocenters. The Morgan fingerprint density at radius 3 is 2.52 bits per heavy atom. The molecule has 0 spiro atoms. The zero-order valence-corrected chi connectivity index (χ0v) is 15.1. The Bertz CT molecular complexity index is 861. The number of amides is 2. The molecular formula is C20H23N5O2. The van der Waals surface area contributed by atoms with Crippen molar-refractivity contribution in [1.82, 2.24) is 15.2 Å². The Hall–Kier alpha value is -2.93. The molecular weight excluding hydrogens is 342 g/mol. The second-order valence-corrected chi connectivity index (χ2v) is 6.96. The van der Waals surface area contributed by atoms with Crippen molar-refractivity contribution in [2.45, 2.75) is 19.0 Å². The van der Waals surface area contributed by atoms with Crippen molar-refractivity contribution in [3.63, 3.8) is 0 Å². The maximum Gasteiger partial charge on any atom is 0.252 e. The molecule has 1 saturated heterocycles. The van der Waals surface area contributed by atoms with Gasteiger partial charge in [0.2, 0.25) is 5.91 Å². The highest BCUT2D eigenvalue weighted by Gasteiger charge is 2.30. The van der Waals surface area contributed by atoms with Crippen molar-refractivity contribution in [1.29, 1.82) is 0 Å². The molecule has 140 valence electrons. The molecule has 1 aromatic carbocycles. The summed E-state index contributed by atoms with van der Waals surface area (Å²) in [5.41, 5.74) is 8.38. The lowest BCUT2D eigenvalue weighted by Crippen LogP contribution is -2.55. The molecule has 2 aromatic rings. The lowest BCUT2D eigenvalue weighted by Gasteiger charge is -2.38. The molecule has 3 heterocycles. The first-order chi connectivity index (χ1) is 13.1. The first-order valence-electron chi connectivity index (χ1n) is 9.22. The van der Waals surface area contributed by atoms with Crippen molar-refractivity contribution in [3.05, 3.63) is 59.3 Å². The number of carbonyl (C=O) groups is 2. The van der Waals surface area contributed by atoms with E-state index in [9.17, 15) is 9.59 Å². The van der Waals surface area contributed by atoms with E-state index in [4.69, 9.17) is 5.73 Å². The summed E-state index contributed by atoms with van der Waals surface area (Å²) in [4.78, 5) is 32.8. The van der Waals surface area contributed by atoms with E-state index in [1.807, 2.05) is 21.9 Å². The number of pyridine rings is 1. The number of fused-ring (bicyclic) bond motifs is 1. The van der Waals surface area contributed by atoms with Gasteiger partial charge in [0.25, 0.3) is 5.91 Å². The van der Waals surface area contributed by atoms with E-state index in [2.05, 4.69) is 22.4 Å². The maximum absolute atomic E-state index is 12.9. The minimum Gasteiger partial charge on any atom is -0.365 e. The topological polar surface area (TPSA) is 91.6 Å². The molecule has 0 bridgehead atoms. The first-order valence-corrected chi connectivity index (χ1v) is 9.22. The fraction of sp³-hybridized carbons (Fsp3) is 0.350. The van der Waals surface area contributed by atoms with Crippen LogP contribution < -0.4 is 16.0 Å². The number of benzene rings is 1. The molecule has 1 aromatic heterocycles. The molecule has 7 heteroatoms. The molecule has 4 rings (SSSR count). The van der Waals surface area contributed by atoms with Crippen molar-refractivity contribution >= 4 is 17.6 Å². The quantitative estimate of drug-likeness (QED) is 0.829. The van der Waals surface area contributed by atoms with Crippen LogP contribution in [0.1, 0.15) is 21.5 Å². The van der Waals surface area contributed by atoms with E-state index in [1.165, 1.54) is 11.1 Å². The molecule has 0 unspecified atom stereocenters. The van der Waals surface area contributed by atoms with Crippen molar-refractivity contribution in [2.75, 3.05) is 31.1 Å². The Labute approximate surface area is 158 Å². The predicted octanol–water partition coefficient (Wildman–Crippen LogP) is 0.544. The summed E-state index contributed by atoms with van der Waals surface area (Å²) >= 11 is 0. The third-order valence-electron chi connectivity index (χ3n) is 5.32. The van der Waals surface area contributed by atoms with Crippen LogP contribution in [0.15, 0.2) is 42.6 Å². The molecule has 1 fully saturated rings. The fourth-order valence-corrected chi connectivity index (χ4v) is 3.83. The molecule has 0 saturated carbocycles. The number of nitrogens with two attached hydrogens (primary N) is 1. The third kappa shape index (κ3) is 3.50. The van der Waals surface area contributed by atoms with Gasteiger partial charge in [-0.2, -0.15) is 0 Å². The van der Waals surface area contributed by atoms with Crippen LogP contribution in [0.4, 0.5) is 5.82 Å². The lowest BCUT2D eigenvalue weighted by atomic mass is 9.95. The average molecular weight is 365 g/mol. The van der Waals surface area contributed by atoms with Crippen molar-refractivity contribution < 1.29 is 9.59 Å². The van der Waals surface area contributed by atoms with Gasteiger partial charge >= 0.3 is 0 Å². The Morgan fingerprint density at radius 2 is 1.78 bits per heavy atom. The molecule has 27 heavy (non-hydrogen) atoms. The maximum atomic E-state index is 12.9. The molecule has 0 radical (unpaired) electrons. The molecule has 2 aliphatic heterocycles. The van der Waals surface area contributed by atoms with E-state index >= 15 is 0 Å². The second kappa shape index (κ2) is 7.36. The number of carbonyl (C=O) groups excluding carboxylic acids is 2. The smallest absolute Gasteiger partial charge is 0.252 e. The number of aromatic nitrogens is 1. The van der Waals surface area contributed by atoms with Gasteiger partial charge in [-0.05, 0) is 29.7 Å². The van der Waals surface area contributed by atoms with E-state index in [-0.39, 0.29) is 11.9 Å². The van der Waals surface area contributed by atoms with Crippen LogP contribution in [0, 0.1) is 0 Å². The number of nitrogens with zero attached hydrogens (tertiary/aromatic N) is 3. The van der Waals surface area contributed by atoms with Gasteiger partial charge in [0, 0.05) is 38.9 Å².